The number of halogens is 1. The van der Waals surface area contributed by atoms with E-state index in [2.05, 4.69) is 0 Å². The summed E-state index contributed by atoms with van der Waals surface area (Å²) < 4.78 is 12.9. The quantitative estimate of drug-likeness (QED) is 0.817. The smallest absolute Gasteiger partial charge is 0.315 e. The van der Waals surface area contributed by atoms with E-state index in [4.69, 9.17) is 5.73 Å². The Hall–Kier alpha value is -2.36. The predicted octanol–water partition coefficient (Wildman–Crippen LogP) is 2.62. The van der Waals surface area contributed by atoms with Gasteiger partial charge in [-0.3, -0.25) is 4.79 Å². The Kier molecular flexibility index (Phi) is 3.28. The lowest BCUT2D eigenvalue weighted by molar-refractivity contribution is -0.137. The molecule has 0 aliphatic rings. The van der Waals surface area contributed by atoms with Crippen LogP contribution in [0.4, 0.5) is 10.1 Å². The van der Waals surface area contributed by atoms with Gasteiger partial charge in [-0.25, -0.2) is 4.39 Å². The Morgan fingerprint density at radius 2 is 1.72 bits per heavy atom. The van der Waals surface area contributed by atoms with Gasteiger partial charge < -0.3 is 10.8 Å². The van der Waals surface area contributed by atoms with Crippen molar-refractivity contribution in [1.29, 1.82) is 0 Å². The Morgan fingerprint density at radius 3 is 2.28 bits per heavy atom. The molecule has 2 rings (SSSR count). The zero-order valence-corrected chi connectivity index (χ0v) is 9.51. The summed E-state index contributed by atoms with van der Waals surface area (Å²) in [5.74, 6) is -2.30. The summed E-state index contributed by atoms with van der Waals surface area (Å²) in [6.07, 6.45) is 0. The maximum absolute atomic E-state index is 12.9. The van der Waals surface area contributed by atoms with Crippen molar-refractivity contribution in [2.24, 2.45) is 0 Å². The fourth-order valence-electron chi connectivity index (χ4n) is 1.88. The molecule has 0 aliphatic carbocycles. The van der Waals surface area contributed by atoms with Gasteiger partial charge in [-0.15, -0.1) is 0 Å². The summed E-state index contributed by atoms with van der Waals surface area (Å²) in [4.78, 5) is 11.4. The van der Waals surface area contributed by atoms with Gasteiger partial charge in [-0.05, 0) is 29.3 Å². The number of carboxylic acids is 1. The third-order valence-corrected chi connectivity index (χ3v) is 2.76. The van der Waals surface area contributed by atoms with Crippen molar-refractivity contribution in [2.75, 3.05) is 5.73 Å². The Morgan fingerprint density at radius 1 is 1.11 bits per heavy atom. The van der Waals surface area contributed by atoms with Crippen LogP contribution >= 0.6 is 0 Å². The second-order valence-corrected chi connectivity index (χ2v) is 3.95. The molecule has 0 aromatic heterocycles. The first-order valence-corrected chi connectivity index (χ1v) is 5.42. The van der Waals surface area contributed by atoms with E-state index in [9.17, 15) is 14.3 Å². The Balaban J connectivity index is 2.50. The maximum atomic E-state index is 12.9. The van der Waals surface area contributed by atoms with Gasteiger partial charge in [0.2, 0.25) is 0 Å². The summed E-state index contributed by atoms with van der Waals surface area (Å²) >= 11 is 0. The number of hydrogen-bond acceptors (Lipinski definition) is 2. The molecule has 1 unspecified atom stereocenters. The van der Waals surface area contributed by atoms with Gasteiger partial charge in [0.1, 0.15) is 11.7 Å². The molecule has 92 valence electrons. The van der Waals surface area contributed by atoms with Crippen LogP contribution in [0.5, 0.6) is 0 Å². The average Bonchev–Trinajstić information content (AvgIpc) is 2.34. The molecular formula is C14H12FNO2. The van der Waals surface area contributed by atoms with Gasteiger partial charge in [0.25, 0.3) is 0 Å². The number of aliphatic carboxylic acids is 1. The molecule has 0 heterocycles. The summed E-state index contributed by atoms with van der Waals surface area (Å²) in [5, 5.41) is 9.32. The van der Waals surface area contributed by atoms with Crippen molar-refractivity contribution in [3.63, 3.8) is 0 Å². The number of carbonyl (C=O) groups is 1. The highest BCUT2D eigenvalue weighted by molar-refractivity contribution is 5.82. The van der Waals surface area contributed by atoms with Gasteiger partial charge in [-0.1, -0.05) is 30.3 Å². The van der Waals surface area contributed by atoms with Crippen LogP contribution in [-0.4, -0.2) is 11.1 Å². The minimum absolute atomic E-state index is 0.399. The molecule has 0 spiro atoms. The monoisotopic (exact) mass is 245 g/mol. The van der Waals surface area contributed by atoms with E-state index in [0.717, 1.165) is 0 Å². The normalized spacial score (nSPS) is 12.1. The number of hydrogen-bond donors (Lipinski definition) is 2. The van der Waals surface area contributed by atoms with E-state index in [0.29, 0.717) is 16.8 Å². The second-order valence-electron chi connectivity index (χ2n) is 3.95. The van der Waals surface area contributed by atoms with Crippen LogP contribution in [0.25, 0.3) is 0 Å². The van der Waals surface area contributed by atoms with Crippen molar-refractivity contribution in [1.82, 2.24) is 0 Å². The average molecular weight is 245 g/mol. The molecule has 0 bridgehead atoms. The van der Waals surface area contributed by atoms with Crippen molar-refractivity contribution in [3.8, 4) is 0 Å². The summed E-state index contributed by atoms with van der Waals surface area (Å²) in [5.41, 5.74) is 7.21. The highest BCUT2D eigenvalue weighted by Crippen LogP contribution is 2.29. The predicted molar refractivity (Wildman–Crippen MR) is 66.7 cm³/mol. The minimum atomic E-state index is -1.01. The summed E-state index contributed by atoms with van der Waals surface area (Å²) in [6, 6.07) is 12.2. The largest absolute Gasteiger partial charge is 0.481 e. The van der Waals surface area contributed by atoms with Gasteiger partial charge in [0, 0.05) is 5.69 Å². The van der Waals surface area contributed by atoms with Gasteiger partial charge in [0.15, 0.2) is 0 Å². The highest BCUT2D eigenvalue weighted by atomic mass is 19.1. The van der Waals surface area contributed by atoms with Crippen molar-refractivity contribution in [2.45, 2.75) is 5.92 Å². The van der Waals surface area contributed by atoms with Crippen LogP contribution in [0.1, 0.15) is 17.0 Å². The van der Waals surface area contributed by atoms with E-state index in [1.54, 1.807) is 24.3 Å². The summed E-state index contributed by atoms with van der Waals surface area (Å²) in [6.45, 7) is 0. The summed E-state index contributed by atoms with van der Waals surface area (Å²) in [7, 11) is 0. The minimum Gasteiger partial charge on any atom is -0.481 e. The van der Waals surface area contributed by atoms with Crippen LogP contribution in [0.15, 0.2) is 48.5 Å². The standard InChI is InChI=1S/C14H12FNO2/c15-10-7-5-9(6-8-10)13(14(17)18)11-3-1-2-4-12(11)16/h1-8,13H,16H2,(H,17,18). The number of benzene rings is 2. The molecule has 3 nitrogen and oxygen atoms in total. The fraction of sp³-hybridized carbons (Fsp3) is 0.0714. The Labute approximate surface area is 104 Å². The van der Waals surface area contributed by atoms with Crippen LogP contribution in [0.2, 0.25) is 0 Å². The highest BCUT2D eigenvalue weighted by Gasteiger charge is 2.23. The van der Waals surface area contributed by atoms with Crippen LogP contribution in [-0.2, 0) is 4.79 Å². The SMILES string of the molecule is Nc1ccccc1C(C(=O)O)c1ccc(F)cc1. The molecule has 0 saturated carbocycles. The molecule has 2 aromatic carbocycles. The Bertz CT molecular complexity index is 566. The lowest BCUT2D eigenvalue weighted by Gasteiger charge is -2.15. The third-order valence-electron chi connectivity index (χ3n) is 2.76. The molecule has 0 aliphatic heterocycles. The van der Waals surface area contributed by atoms with Crippen molar-refractivity contribution in [3.05, 3.63) is 65.5 Å². The number of anilines is 1. The van der Waals surface area contributed by atoms with Crippen LogP contribution < -0.4 is 5.73 Å². The second kappa shape index (κ2) is 4.87. The zero-order valence-electron chi connectivity index (χ0n) is 9.51. The van der Waals surface area contributed by atoms with Crippen molar-refractivity contribution < 1.29 is 14.3 Å². The van der Waals surface area contributed by atoms with Crippen LogP contribution in [0.3, 0.4) is 0 Å². The van der Waals surface area contributed by atoms with E-state index < -0.39 is 17.7 Å². The van der Waals surface area contributed by atoms with Crippen LogP contribution in [0, 0.1) is 5.82 Å². The molecular weight excluding hydrogens is 233 g/mol. The lowest BCUT2D eigenvalue weighted by Crippen LogP contribution is -2.14. The molecule has 0 amide bonds. The number of nitrogens with two attached hydrogens (primary N) is 1. The first kappa shape index (κ1) is 12.1. The first-order chi connectivity index (χ1) is 8.59. The molecule has 18 heavy (non-hydrogen) atoms. The molecule has 1 atom stereocenters. The van der Waals surface area contributed by atoms with E-state index in [-0.39, 0.29) is 0 Å². The van der Waals surface area contributed by atoms with Gasteiger partial charge in [-0.2, -0.15) is 0 Å². The number of rotatable bonds is 3. The topological polar surface area (TPSA) is 63.3 Å². The third kappa shape index (κ3) is 2.32. The lowest BCUT2D eigenvalue weighted by atomic mass is 9.90. The number of nitrogen functional groups attached to an aromatic ring is 1. The molecule has 0 radical (unpaired) electrons. The van der Waals surface area contributed by atoms with E-state index in [1.165, 1.54) is 24.3 Å². The molecule has 0 fully saturated rings. The maximum Gasteiger partial charge on any atom is 0.315 e. The molecule has 3 N–H and O–H groups in total. The fourth-order valence-corrected chi connectivity index (χ4v) is 1.88. The molecule has 2 aromatic rings. The van der Waals surface area contributed by atoms with E-state index >= 15 is 0 Å². The number of para-hydroxylation sites is 1. The van der Waals surface area contributed by atoms with E-state index in [1.807, 2.05) is 0 Å². The molecule has 4 heteroatoms. The van der Waals surface area contributed by atoms with Crippen molar-refractivity contribution >= 4 is 11.7 Å². The van der Waals surface area contributed by atoms with Gasteiger partial charge >= 0.3 is 5.97 Å². The first-order valence-electron chi connectivity index (χ1n) is 5.42. The molecule has 0 saturated heterocycles. The zero-order chi connectivity index (χ0) is 13.1. The number of carboxylic acid groups (broad SMARTS) is 1. The van der Waals surface area contributed by atoms with Gasteiger partial charge in [0.05, 0.1) is 0 Å².